The zero-order chi connectivity index (χ0) is 17.0. The topological polar surface area (TPSA) is 46.6 Å². The molecule has 24 heavy (non-hydrogen) atoms. The molecule has 0 saturated carbocycles. The van der Waals surface area contributed by atoms with E-state index in [9.17, 15) is 8.42 Å². The third kappa shape index (κ3) is 4.37. The SMILES string of the molecule is O=S(=O)(c1ccc(Cl)s1)N1CCCC(COCc2ccccc2)C1. The molecular weight excluding hydrogens is 366 g/mol. The van der Waals surface area contributed by atoms with Gasteiger partial charge in [0.2, 0.25) is 0 Å². The van der Waals surface area contributed by atoms with E-state index >= 15 is 0 Å². The van der Waals surface area contributed by atoms with E-state index < -0.39 is 10.0 Å². The molecule has 1 fully saturated rings. The molecule has 1 aliphatic heterocycles. The van der Waals surface area contributed by atoms with Crippen molar-refractivity contribution in [2.45, 2.75) is 23.7 Å². The van der Waals surface area contributed by atoms with Crippen LogP contribution in [-0.2, 0) is 21.4 Å². The standard InChI is InChI=1S/C17H20ClNO3S2/c18-16-8-9-17(23-16)24(20,21)19-10-4-7-15(11-19)13-22-12-14-5-2-1-3-6-14/h1-3,5-6,8-9,15H,4,7,10-13H2. The van der Waals surface area contributed by atoms with E-state index in [0.717, 1.165) is 29.7 Å². The molecule has 1 saturated heterocycles. The first-order chi connectivity index (χ1) is 11.6. The van der Waals surface area contributed by atoms with Crippen molar-refractivity contribution >= 4 is 33.0 Å². The Hall–Kier alpha value is -0.920. The number of sulfonamides is 1. The highest BCUT2D eigenvalue weighted by molar-refractivity contribution is 7.91. The van der Waals surface area contributed by atoms with E-state index in [-0.39, 0.29) is 5.92 Å². The minimum absolute atomic E-state index is 0.229. The second-order valence-corrected chi connectivity index (χ2v) is 9.81. The Labute approximate surface area is 152 Å². The van der Waals surface area contributed by atoms with Crippen LogP contribution in [-0.4, -0.2) is 32.4 Å². The van der Waals surface area contributed by atoms with Crippen LogP contribution < -0.4 is 0 Å². The Morgan fingerprint density at radius 3 is 2.71 bits per heavy atom. The van der Waals surface area contributed by atoms with Crippen LogP contribution in [0.25, 0.3) is 0 Å². The molecule has 7 heteroatoms. The van der Waals surface area contributed by atoms with Crippen LogP contribution in [0.3, 0.4) is 0 Å². The molecule has 1 atom stereocenters. The maximum absolute atomic E-state index is 12.7. The van der Waals surface area contributed by atoms with Crippen LogP contribution in [0.5, 0.6) is 0 Å². The van der Waals surface area contributed by atoms with Gasteiger partial charge in [-0.25, -0.2) is 8.42 Å². The van der Waals surface area contributed by atoms with Gasteiger partial charge in [-0.1, -0.05) is 41.9 Å². The van der Waals surface area contributed by atoms with Gasteiger partial charge in [0.05, 0.1) is 17.6 Å². The number of piperidine rings is 1. The summed E-state index contributed by atoms with van der Waals surface area (Å²) < 4.78 is 33.5. The van der Waals surface area contributed by atoms with Gasteiger partial charge in [0, 0.05) is 13.1 Å². The summed E-state index contributed by atoms with van der Waals surface area (Å²) in [6.45, 7) is 2.20. The normalized spacial score (nSPS) is 19.5. The maximum atomic E-state index is 12.7. The molecule has 3 rings (SSSR count). The van der Waals surface area contributed by atoms with Gasteiger partial charge >= 0.3 is 0 Å². The number of ether oxygens (including phenoxy) is 1. The molecule has 0 amide bonds. The molecule has 130 valence electrons. The number of thiophene rings is 1. The smallest absolute Gasteiger partial charge is 0.252 e. The highest BCUT2D eigenvalue weighted by atomic mass is 35.5. The van der Waals surface area contributed by atoms with Crippen molar-refractivity contribution in [1.82, 2.24) is 4.31 Å². The number of hydrogen-bond donors (Lipinski definition) is 0. The lowest BCUT2D eigenvalue weighted by Gasteiger charge is -2.31. The van der Waals surface area contributed by atoms with Gasteiger partial charge in [-0.2, -0.15) is 4.31 Å². The number of hydrogen-bond acceptors (Lipinski definition) is 4. The molecule has 0 spiro atoms. The van der Waals surface area contributed by atoms with Crippen molar-refractivity contribution in [2.24, 2.45) is 5.92 Å². The summed E-state index contributed by atoms with van der Waals surface area (Å²) in [5.41, 5.74) is 1.13. The molecule has 1 aromatic heterocycles. The van der Waals surface area contributed by atoms with Crippen LogP contribution in [0.15, 0.2) is 46.7 Å². The predicted octanol–water partition coefficient (Wildman–Crippen LogP) is 4.02. The lowest BCUT2D eigenvalue weighted by molar-refractivity contribution is 0.0672. The van der Waals surface area contributed by atoms with Crippen molar-refractivity contribution in [1.29, 1.82) is 0 Å². The van der Waals surface area contributed by atoms with Gasteiger partial charge in [0.15, 0.2) is 0 Å². The quantitative estimate of drug-likeness (QED) is 0.754. The Morgan fingerprint density at radius 1 is 1.21 bits per heavy atom. The molecule has 0 bridgehead atoms. The van der Waals surface area contributed by atoms with Crippen LogP contribution >= 0.6 is 22.9 Å². The van der Waals surface area contributed by atoms with Crippen LogP contribution in [0.4, 0.5) is 0 Å². The molecule has 0 radical (unpaired) electrons. The molecule has 2 aromatic rings. The number of halogens is 1. The minimum atomic E-state index is -3.44. The average molecular weight is 386 g/mol. The van der Waals surface area contributed by atoms with E-state index in [4.69, 9.17) is 16.3 Å². The minimum Gasteiger partial charge on any atom is -0.376 e. The van der Waals surface area contributed by atoms with Crippen molar-refractivity contribution in [2.75, 3.05) is 19.7 Å². The molecule has 1 aromatic carbocycles. The molecule has 0 aliphatic carbocycles. The lowest BCUT2D eigenvalue weighted by atomic mass is 10.0. The molecule has 1 aliphatic rings. The summed E-state index contributed by atoms with van der Waals surface area (Å²) in [7, 11) is -3.44. The van der Waals surface area contributed by atoms with Gasteiger partial charge in [-0.05, 0) is 36.5 Å². The first kappa shape index (κ1) is 17.9. The van der Waals surface area contributed by atoms with Crippen LogP contribution in [0, 0.1) is 5.92 Å². The van der Waals surface area contributed by atoms with Crippen LogP contribution in [0.1, 0.15) is 18.4 Å². The highest BCUT2D eigenvalue weighted by Gasteiger charge is 2.31. The zero-order valence-electron chi connectivity index (χ0n) is 13.2. The number of rotatable bonds is 6. The molecule has 2 heterocycles. The Balaban J connectivity index is 1.56. The average Bonchev–Trinajstić information content (AvgIpc) is 3.03. The summed E-state index contributed by atoms with van der Waals surface area (Å²) in [5, 5.41) is 0. The Kier molecular flexibility index (Phi) is 5.94. The van der Waals surface area contributed by atoms with Gasteiger partial charge < -0.3 is 4.74 Å². The Bertz CT molecular complexity index is 761. The van der Waals surface area contributed by atoms with Gasteiger partial charge in [-0.3, -0.25) is 0 Å². The highest BCUT2D eigenvalue weighted by Crippen LogP contribution is 2.30. The van der Waals surface area contributed by atoms with Gasteiger partial charge in [0.25, 0.3) is 10.0 Å². The summed E-state index contributed by atoms with van der Waals surface area (Å²) in [6, 6.07) is 13.2. The molecule has 4 nitrogen and oxygen atoms in total. The van der Waals surface area contributed by atoms with E-state index in [1.807, 2.05) is 30.3 Å². The second kappa shape index (κ2) is 7.97. The largest absolute Gasteiger partial charge is 0.376 e. The maximum Gasteiger partial charge on any atom is 0.252 e. The van der Waals surface area contributed by atoms with Crippen LogP contribution in [0.2, 0.25) is 4.34 Å². The summed E-state index contributed by atoms with van der Waals surface area (Å²) in [4.78, 5) is 0. The van der Waals surface area contributed by atoms with E-state index in [1.165, 1.54) is 0 Å². The van der Waals surface area contributed by atoms with Crippen molar-refractivity contribution in [3.8, 4) is 0 Å². The van der Waals surface area contributed by atoms with Crippen molar-refractivity contribution < 1.29 is 13.2 Å². The fourth-order valence-corrected chi connectivity index (χ4v) is 6.05. The zero-order valence-corrected chi connectivity index (χ0v) is 15.6. The fraction of sp³-hybridized carbons (Fsp3) is 0.412. The Morgan fingerprint density at radius 2 is 2.00 bits per heavy atom. The van der Waals surface area contributed by atoms with E-state index in [1.54, 1.807) is 16.4 Å². The molecule has 0 N–H and O–H groups in total. The number of nitrogens with zero attached hydrogens (tertiary/aromatic N) is 1. The summed E-state index contributed by atoms with van der Waals surface area (Å²) >= 11 is 6.99. The fourth-order valence-electron chi connectivity index (χ4n) is 2.86. The second-order valence-electron chi connectivity index (χ2n) is 5.93. The third-order valence-electron chi connectivity index (χ3n) is 4.09. The lowest BCUT2D eigenvalue weighted by Crippen LogP contribution is -2.40. The van der Waals surface area contributed by atoms with Gasteiger partial charge in [0.1, 0.15) is 4.21 Å². The van der Waals surface area contributed by atoms with Gasteiger partial charge in [-0.15, -0.1) is 11.3 Å². The predicted molar refractivity (Wildman–Crippen MR) is 96.9 cm³/mol. The van der Waals surface area contributed by atoms with Crippen molar-refractivity contribution in [3.63, 3.8) is 0 Å². The first-order valence-electron chi connectivity index (χ1n) is 7.93. The summed E-state index contributed by atoms with van der Waals surface area (Å²) in [5.74, 6) is 0.229. The third-order valence-corrected chi connectivity index (χ3v) is 7.65. The summed E-state index contributed by atoms with van der Waals surface area (Å²) in [6.07, 6.45) is 1.85. The number of benzene rings is 1. The van der Waals surface area contributed by atoms with E-state index in [0.29, 0.717) is 34.8 Å². The van der Waals surface area contributed by atoms with E-state index in [2.05, 4.69) is 0 Å². The first-order valence-corrected chi connectivity index (χ1v) is 10.6. The van der Waals surface area contributed by atoms with Crippen molar-refractivity contribution in [3.05, 3.63) is 52.4 Å². The molecular formula is C17H20ClNO3S2. The monoisotopic (exact) mass is 385 g/mol. The molecule has 1 unspecified atom stereocenters.